The molecule has 0 radical (unpaired) electrons. The number of carbonyl (C=O) groups excluding carboxylic acids is 2. The Bertz CT molecular complexity index is 1460. The van der Waals surface area contributed by atoms with Crippen LogP contribution in [0.3, 0.4) is 0 Å². The molecule has 10 heteroatoms. The Morgan fingerprint density at radius 2 is 1.64 bits per heavy atom. The largest absolute Gasteiger partial charge is 0.492 e. The maximum absolute atomic E-state index is 14.3. The molecule has 0 unspecified atom stereocenters. The molecular formula is C32H40ClN3O5S. The van der Waals surface area contributed by atoms with Gasteiger partial charge < -0.3 is 15.0 Å². The standard InChI is InChI=1S/C32H40ClN3O5S/c1-6-24(5)34-32(38)28(7-2)35(21-25-13-11-12-23(4)20-25)31(37)22-36(29-14-9-10-15-30(29)41-8-3)42(39,40)27-18-16-26(33)17-19-27/h9-20,24,28H,6-8,21-22H2,1-5H3,(H,34,38)/t24-,28+/m1/s1. The second-order valence-electron chi connectivity index (χ2n) is 10.1. The molecule has 2 atom stereocenters. The van der Waals surface area contributed by atoms with E-state index in [0.29, 0.717) is 23.8 Å². The summed E-state index contributed by atoms with van der Waals surface area (Å²) >= 11 is 6.04. The SMILES string of the molecule is CCOc1ccccc1N(CC(=O)N(Cc1cccc(C)c1)[C@@H](CC)C(=O)N[C@H](C)CC)S(=O)(=O)c1ccc(Cl)cc1. The van der Waals surface area contributed by atoms with Crippen molar-refractivity contribution >= 4 is 39.1 Å². The molecule has 1 N–H and O–H groups in total. The lowest BCUT2D eigenvalue weighted by molar-refractivity contribution is -0.140. The Hall–Kier alpha value is -3.56. The number of anilines is 1. The lowest BCUT2D eigenvalue weighted by Crippen LogP contribution is -2.53. The lowest BCUT2D eigenvalue weighted by Gasteiger charge is -2.34. The molecule has 3 rings (SSSR count). The minimum Gasteiger partial charge on any atom is -0.492 e. The van der Waals surface area contributed by atoms with Crippen LogP contribution in [0.4, 0.5) is 5.69 Å². The first-order valence-corrected chi connectivity index (χ1v) is 16.0. The number of nitrogens with one attached hydrogen (secondary N) is 1. The van der Waals surface area contributed by atoms with Crippen molar-refractivity contribution in [3.05, 3.63) is 88.9 Å². The first-order valence-electron chi connectivity index (χ1n) is 14.2. The zero-order valence-corrected chi connectivity index (χ0v) is 26.4. The number of sulfonamides is 1. The van der Waals surface area contributed by atoms with Gasteiger partial charge >= 0.3 is 0 Å². The number of hydrogen-bond donors (Lipinski definition) is 1. The molecule has 0 aliphatic carbocycles. The Morgan fingerprint density at radius 3 is 2.26 bits per heavy atom. The predicted octanol–water partition coefficient (Wildman–Crippen LogP) is 5.96. The first kappa shape index (κ1) is 32.9. The number of ether oxygens (including phenoxy) is 1. The van der Waals surface area contributed by atoms with Gasteiger partial charge in [-0.05, 0) is 75.6 Å². The van der Waals surface area contributed by atoms with Crippen LogP contribution >= 0.6 is 11.6 Å². The average Bonchev–Trinajstić information content (AvgIpc) is 2.96. The number of hydrogen-bond acceptors (Lipinski definition) is 5. The fraction of sp³-hybridized carbons (Fsp3) is 0.375. The molecule has 0 aliphatic rings. The van der Waals surface area contributed by atoms with E-state index in [1.807, 2.05) is 52.0 Å². The van der Waals surface area contributed by atoms with Crippen molar-refractivity contribution in [3.63, 3.8) is 0 Å². The fourth-order valence-electron chi connectivity index (χ4n) is 4.56. The van der Waals surface area contributed by atoms with Crippen LogP contribution in [-0.2, 0) is 26.2 Å². The van der Waals surface area contributed by atoms with Gasteiger partial charge in [-0.3, -0.25) is 13.9 Å². The number of nitrogens with zero attached hydrogens (tertiary/aromatic N) is 2. The van der Waals surface area contributed by atoms with Crippen LogP contribution in [0, 0.1) is 6.92 Å². The monoisotopic (exact) mass is 613 g/mol. The molecule has 42 heavy (non-hydrogen) atoms. The summed E-state index contributed by atoms with van der Waals surface area (Å²) < 4.78 is 35.0. The number of amides is 2. The summed E-state index contributed by atoms with van der Waals surface area (Å²) in [6.45, 7) is 9.35. The van der Waals surface area contributed by atoms with Gasteiger partial charge in [0.1, 0.15) is 18.3 Å². The second kappa shape index (κ2) is 15.1. The third-order valence-corrected chi connectivity index (χ3v) is 8.96. The van der Waals surface area contributed by atoms with Gasteiger partial charge in [-0.2, -0.15) is 0 Å². The molecule has 8 nitrogen and oxygen atoms in total. The number of rotatable bonds is 14. The molecule has 0 saturated carbocycles. The molecular weight excluding hydrogens is 574 g/mol. The van der Waals surface area contributed by atoms with Crippen molar-refractivity contribution in [2.45, 2.75) is 71.0 Å². The third-order valence-electron chi connectivity index (χ3n) is 6.94. The second-order valence-corrected chi connectivity index (χ2v) is 12.4. The summed E-state index contributed by atoms with van der Waals surface area (Å²) in [4.78, 5) is 29.1. The molecule has 0 bridgehead atoms. The number of carbonyl (C=O) groups is 2. The predicted molar refractivity (Wildman–Crippen MR) is 167 cm³/mol. The number of halogens is 1. The van der Waals surface area contributed by atoms with Crippen LogP contribution in [0.5, 0.6) is 5.75 Å². The van der Waals surface area contributed by atoms with Gasteiger partial charge in [0.05, 0.1) is 17.2 Å². The fourth-order valence-corrected chi connectivity index (χ4v) is 6.11. The van der Waals surface area contributed by atoms with Gasteiger partial charge in [0.2, 0.25) is 11.8 Å². The summed E-state index contributed by atoms with van der Waals surface area (Å²) in [6.07, 6.45) is 1.08. The first-order chi connectivity index (χ1) is 20.0. The molecule has 3 aromatic carbocycles. The van der Waals surface area contributed by atoms with Gasteiger partial charge in [-0.25, -0.2) is 8.42 Å². The van der Waals surface area contributed by atoms with Crippen LogP contribution in [0.1, 0.15) is 51.7 Å². The number of benzene rings is 3. The van der Waals surface area contributed by atoms with E-state index in [2.05, 4.69) is 5.32 Å². The number of aryl methyl sites for hydroxylation is 1. The van der Waals surface area contributed by atoms with Crippen molar-refractivity contribution in [1.29, 1.82) is 0 Å². The molecule has 0 heterocycles. The maximum Gasteiger partial charge on any atom is 0.264 e. The highest BCUT2D eigenvalue weighted by Gasteiger charge is 2.35. The smallest absolute Gasteiger partial charge is 0.264 e. The molecule has 2 amide bonds. The van der Waals surface area contributed by atoms with Gasteiger partial charge in [-0.15, -0.1) is 0 Å². The Labute approximate surface area is 254 Å². The Morgan fingerprint density at radius 1 is 0.952 bits per heavy atom. The topological polar surface area (TPSA) is 96.0 Å². The van der Waals surface area contributed by atoms with Crippen molar-refractivity contribution < 1.29 is 22.7 Å². The van der Waals surface area contributed by atoms with Crippen molar-refractivity contribution in [2.75, 3.05) is 17.5 Å². The maximum atomic E-state index is 14.3. The minimum absolute atomic E-state index is 0.0298. The summed E-state index contributed by atoms with van der Waals surface area (Å²) in [7, 11) is -4.25. The van der Waals surface area contributed by atoms with E-state index in [0.717, 1.165) is 21.9 Å². The highest BCUT2D eigenvalue weighted by molar-refractivity contribution is 7.92. The van der Waals surface area contributed by atoms with Crippen LogP contribution < -0.4 is 14.4 Å². The Kier molecular flexibility index (Phi) is 11.8. The number of para-hydroxylation sites is 2. The lowest BCUT2D eigenvalue weighted by atomic mass is 10.1. The zero-order valence-electron chi connectivity index (χ0n) is 24.8. The average molecular weight is 614 g/mol. The van der Waals surface area contributed by atoms with Crippen molar-refractivity contribution in [3.8, 4) is 5.75 Å². The van der Waals surface area contributed by atoms with E-state index in [-0.39, 0.29) is 29.1 Å². The van der Waals surface area contributed by atoms with E-state index in [1.165, 1.54) is 29.2 Å². The minimum atomic E-state index is -4.25. The van der Waals surface area contributed by atoms with Gasteiger partial charge in [-0.1, -0.05) is 67.4 Å². The summed E-state index contributed by atoms with van der Waals surface area (Å²) in [5.41, 5.74) is 2.06. The van der Waals surface area contributed by atoms with Crippen LogP contribution in [-0.4, -0.2) is 50.4 Å². The zero-order chi connectivity index (χ0) is 30.9. The van der Waals surface area contributed by atoms with Gasteiger partial charge in [0, 0.05) is 17.6 Å². The van der Waals surface area contributed by atoms with E-state index >= 15 is 0 Å². The third kappa shape index (κ3) is 8.26. The van der Waals surface area contributed by atoms with Crippen molar-refractivity contribution in [1.82, 2.24) is 10.2 Å². The highest BCUT2D eigenvalue weighted by atomic mass is 35.5. The van der Waals surface area contributed by atoms with Crippen LogP contribution in [0.15, 0.2) is 77.7 Å². The summed E-state index contributed by atoms with van der Waals surface area (Å²) in [6, 6.07) is 19.2. The summed E-state index contributed by atoms with van der Waals surface area (Å²) in [5, 5.41) is 3.37. The van der Waals surface area contributed by atoms with E-state index in [9.17, 15) is 18.0 Å². The molecule has 0 aliphatic heterocycles. The summed E-state index contributed by atoms with van der Waals surface area (Å²) in [5.74, 6) is -0.488. The van der Waals surface area contributed by atoms with Crippen LogP contribution in [0.2, 0.25) is 5.02 Å². The van der Waals surface area contributed by atoms with Gasteiger partial charge in [0.25, 0.3) is 10.0 Å². The molecule has 0 fully saturated rings. The quantitative estimate of drug-likeness (QED) is 0.242. The van der Waals surface area contributed by atoms with Crippen molar-refractivity contribution in [2.24, 2.45) is 0 Å². The van der Waals surface area contributed by atoms with Gasteiger partial charge in [0.15, 0.2) is 0 Å². The molecule has 3 aromatic rings. The molecule has 226 valence electrons. The normalized spacial score (nSPS) is 12.7. The van der Waals surface area contributed by atoms with E-state index < -0.39 is 28.5 Å². The molecule has 0 saturated heterocycles. The van der Waals surface area contributed by atoms with E-state index in [4.69, 9.17) is 16.3 Å². The van der Waals surface area contributed by atoms with E-state index in [1.54, 1.807) is 31.2 Å². The molecule has 0 aromatic heterocycles. The highest BCUT2D eigenvalue weighted by Crippen LogP contribution is 2.33. The van der Waals surface area contributed by atoms with Crippen LogP contribution in [0.25, 0.3) is 0 Å². The Balaban J connectivity index is 2.11. The molecule has 0 spiro atoms.